The molecule has 0 bridgehead atoms. The lowest BCUT2D eigenvalue weighted by Gasteiger charge is -2.17. The molecule has 1 aromatic rings. The van der Waals surface area contributed by atoms with Crippen LogP contribution in [0.1, 0.15) is 25.3 Å². The molecule has 0 saturated carbocycles. The van der Waals surface area contributed by atoms with Crippen molar-refractivity contribution in [2.24, 2.45) is 0 Å². The molecule has 1 aliphatic rings. The first-order chi connectivity index (χ1) is 7.79. The number of fused-ring (bicyclic) bond motifs is 1. The average molecular weight is 253 g/mol. The normalized spacial score (nSPS) is 16.9. The van der Waals surface area contributed by atoms with Crippen molar-refractivity contribution in [1.29, 1.82) is 0 Å². The fourth-order valence-electron chi connectivity index (χ4n) is 1.72. The Morgan fingerprint density at radius 1 is 1.19 bits per heavy atom. The van der Waals surface area contributed by atoms with Crippen molar-refractivity contribution in [3.8, 4) is 0 Å². The lowest BCUT2D eigenvalue weighted by molar-refractivity contribution is 0.369. The van der Waals surface area contributed by atoms with Crippen LogP contribution in [0.2, 0.25) is 0 Å². The third-order valence-electron chi connectivity index (χ3n) is 2.73. The van der Waals surface area contributed by atoms with Gasteiger partial charge in [-0.05, 0) is 37.6 Å². The zero-order valence-corrected chi connectivity index (χ0v) is 11.7. The molecule has 1 aliphatic heterocycles. The molecule has 0 aliphatic carbocycles. The minimum Gasteiger partial charge on any atom is -0.284 e. The van der Waals surface area contributed by atoms with Gasteiger partial charge in [-0.1, -0.05) is 19.4 Å². The molecule has 1 aromatic carbocycles. The Morgan fingerprint density at radius 3 is 2.69 bits per heavy atom. The van der Waals surface area contributed by atoms with Crippen molar-refractivity contribution in [3.05, 3.63) is 23.8 Å². The van der Waals surface area contributed by atoms with Gasteiger partial charge in [0.1, 0.15) is 0 Å². The Kier molecular flexibility index (Phi) is 4.62. The summed E-state index contributed by atoms with van der Waals surface area (Å²) < 4.78 is 0. The number of aryl methyl sites for hydroxylation is 1. The highest BCUT2D eigenvalue weighted by atomic mass is 32.2. The zero-order chi connectivity index (χ0) is 11.4. The van der Waals surface area contributed by atoms with Crippen LogP contribution in [-0.2, 0) is 0 Å². The molecule has 0 aromatic heterocycles. The van der Waals surface area contributed by atoms with Gasteiger partial charge < -0.3 is 0 Å². The monoisotopic (exact) mass is 253 g/mol. The summed E-state index contributed by atoms with van der Waals surface area (Å²) in [5.41, 5.74) is 1.37. The highest BCUT2D eigenvalue weighted by Crippen LogP contribution is 2.35. The van der Waals surface area contributed by atoms with Crippen LogP contribution in [0.3, 0.4) is 0 Å². The lowest BCUT2D eigenvalue weighted by Crippen LogP contribution is -2.22. The third-order valence-corrected chi connectivity index (χ3v) is 5.17. The number of unbranched alkanes of at least 4 members (excludes halogenated alkanes) is 1. The Balaban J connectivity index is 2.01. The van der Waals surface area contributed by atoms with Crippen LogP contribution in [0.25, 0.3) is 0 Å². The SMILES string of the molecule is CCCCN1CSc2ccc(C)cc2SC1. The van der Waals surface area contributed by atoms with E-state index in [0.29, 0.717) is 0 Å². The van der Waals surface area contributed by atoms with Crippen molar-refractivity contribution in [2.45, 2.75) is 36.5 Å². The third kappa shape index (κ3) is 3.19. The van der Waals surface area contributed by atoms with Crippen molar-refractivity contribution in [1.82, 2.24) is 4.90 Å². The maximum absolute atomic E-state index is 2.55. The lowest BCUT2D eigenvalue weighted by atomic mass is 10.2. The number of nitrogens with zero attached hydrogens (tertiary/aromatic N) is 1. The first kappa shape index (κ1) is 12.3. The fraction of sp³-hybridized carbons (Fsp3) is 0.538. The van der Waals surface area contributed by atoms with Crippen LogP contribution in [0, 0.1) is 6.92 Å². The number of benzene rings is 1. The van der Waals surface area contributed by atoms with Crippen LogP contribution in [0.5, 0.6) is 0 Å². The van der Waals surface area contributed by atoms with Gasteiger partial charge in [-0.25, -0.2) is 0 Å². The maximum Gasteiger partial charge on any atom is 0.0500 e. The first-order valence-electron chi connectivity index (χ1n) is 5.88. The van der Waals surface area contributed by atoms with E-state index in [9.17, 15) is 0 Å². The molecule has 0 atom stereocenters. The molecule has 2 rings (SSSR count). The van der Waals surface area contributed by atoms with Gasteiger partial charge in [-0.15, -0.1) is 23.5 Å². The highest BCUT2D eigenvalue weighted by molar-refractivity contribution is 8.02. The standard InChI is InChI=1S/C13H19NS2/c1-3-4-7-14-9-15-12-6-5-11(2)8-13(12)16-10-14/h5-6,8H,3-4,7,9-10H2,1-2H3. The summed E-state index contributed by atoms with van der Waals surface area (Å²) in [6.07, 6.45) is 2.61. The van der Waals surface area contributed by atoms with Crippen molar-refractivity contribution < 1.29 is 0 Å². The summed E-state index contributed by atoms with van der Waals surface area (Å²) in [6, 6.07) is 6.80. The van der Waals surface area contributed by atoms with E-state index >= 15 is 0 Å². The molecule has 88 valence electrons. The van der Waals surface area contributed by atoms with E-state index in [1.165, 1.54) is 34.7 Å². The second-order valence-corrected chi connectivity index (χ2v) is 6.22. The topological polar surface area (TPSA) is 3.24 Å². The minimum absolute atomic E-state index is 1.14. The molecule has 0 amide bonds. The second-order valence-electron chi connectivity index (χ2n) is 4.25. The first-order valence-corrected chi connectivity index (χ1v) is 7.85. The largest absolute Gasteiger partial charge is 0.284 e. The summed E-state index contributed by atoms with van der Waals surface area (Å²) in [5, 5.41) is 0. The molecule has 3 heteroatoms. The second kappa shape index (κ2) is 5.99. The summed E-state index contributed by atoms with van der Waals surface area (Å²) in [7, 11) is 0. The van der Waals surface area contributed by atoms with E-state index in [1.54, 1.807) is 0 Å². The Morgan fingerprint density at radius 2 is 1.94 bits per heavy atom. The van der Waals surface area contributed by atoms with Crippen LogP contribution >= 0.6 is 23.5 Å². The molecular weight excluding hydrogens is 234 g/mol. The van der Waals surface area contributed by atoms with Gasteiger partial charge in [0, 0.05) is 21.5 Å². The number of thioether (sulfide) groups is 2. The molecule has 1 heterocycles. The number of rotatable bonds is 3. The van der Waals surface area contributed by atoms with Gasteiger partial charge >= 0.3 is 0 Å². The van der Waals surface area contributed by atoms with E-state index in [2.05, 4.69) is 36.9 Å². The van der Waals surface area contributed by atoms with Gasteiger partial charge in [-0.2, -0.15) is 0 Å². The number of hydrogen-bond acceptors (Lipinski definition) is 3. The molecule has 0 radical (unpaired) electrons. The van der Waals surface area contributed by atoms with Crippen LogP contribution in [0.4, 0.5) is 0 Å². The quantitative estimate of drug-likeness (QED) is 0.794. The Labute approximate surface area is 107 Å². The summed E-state index contributed by atoms with van der Waals surface area (Å²) in [4.78, 5) is 5.47. The highest BCUT2D eigenvalue weighted by Gasteiger charge is 2.14. The van der Waals surface area contributed by atoms with E-state index in [1.807, 2.05) is 23.5 Å². The fourth-order valence-corrected chi connectivity index (χ4v) is 4.12. The molecular formula is C13H19NS2. The van der Waals surface area contributed by atoms with E-state index in [-0.39, 0.29) is 0 Å². The van der Waals surface area contributed by atoms with E-state index in [4.69, 9.17) is 0 Å². The molecule has 0 fully saturated rings. The zero-order valence-electron chi connectivity index (χ0n) is 10.0. The molecule has 1 nitrogen and oxygen atoms in total. The average Bonchev–Trinajstić information content (AvgIpc) is 2.48. The van der Waals surface area contributed by atoms with Crippen LogP contribution < -0.4 is 0 Å². The van der Waals surface area contributed by atoms with Gasteiger partial charge in [0.25, 0.3) is 0 Å². The van der Waals surface area contributed by atoms with Crippen LogP contribution in [-0.4, -0.2) is 23.2 Å². The smallest absolute Gasteiger partial charge is 0.0500 e. The maximum atomic E-state index is 2.55. The predicted octanol–water partition coefficient (Wildman–Crippen LogP) is 4.21. The molecule has 0 unspecified atom stereocenters. The van der Waals surface area contributed by atoms with Crippen LogP contribution in [0.15, 0.2) is 28.0 Å². The van der Waals surface area contributed by atoms with Gasteiger partial charge in [0.2, 0.25) is 0 Å². The van der Waals surface area contributed by atoms with Crippen molar-refractivity contribution in [3.63, 3.8) is 0 Å². The van der Waals surface area contributed by atoms with Gasteiger partial charge in [0.05, 0.1) is 0 Å². The van der Waals surface area contributed by atoms with Gasteiger partial charge in [0.15, 0.2) is 0 Å². The van der Waals surface area contributed by atoms with Crippen molar-refractivity contribution in [2.75, 3.05) is 18.3 Å². The summed E-state index contributed by atoms with van der Waals surface area (Å²) >= 11 is 3.97. The Bertz CT molecular complexity index is 352. The molecule has 0 saturated heterocycles. The number of hydrogen-bond donors (Lipinski definition) is 0. The van der Waals surface area contributed by atoms with E-state index in [0.717, 1.165) is 11.8 Å². The molecule has 16 heavy (non-hydrogen) atoms. The summed E-state index contributed by atoms with van der Waals surface area (Å²) in [5.74, 6) is 2.28. The molecule has 0 spiro atoms. The van der Waals surface area contributed by atoms with Gasteiger partial charge in [-0.3, -0.25) is 4.90 Å². The Hall–Kier alpha value is -0.120. The van der Waals surface area contributed by atoms with E-state index < -0.39 is 0 Å². The molecule has 0 N–H and O–H groups in total. The minimum atomic E-state index is 1.14. The predicted molar refractivity (Wildman–Crippen MR) is 74.2 cm³/mol. The summed E-state index contributed by atoms with van der Waals surface area (Å²) in [6.45, 7) is 5.67. The van der Waals surface area contributed by atoms with Crippen molar-refractivity contribution >= 4 is 23.5 Å².